The van der Waals surface area contributed by atoms with E-state index in [1.165, 1.54) is 11.8 Å². The maximum absolute atomic E-state index is 12.9. The molecule has 33 heavy (non-hydrogen) atoms. The first-order chi connectivity index (χ1) is 16.0. The summed E-state index contributed by atoms with van der Waals surface area (Å²) in [6.45, 7) is 0.216. The summed E-state index contributed by atoms with van der Waals surface area (Å²) in [6, 6.07) is 15.7. The van der Waals surface area contributed by atoms with Crippen LogP contribution in [-0.4, -0.2) is 60.5 Å². The fourth-order valence-electron chi connectivity index (χ4n) is 3.74. The van der Waals surface area contributed by atoms with Gasteiger partial charge in [0.05, 0.1) is 12.2 Å². The fourth-order valence-corrected chi connectivity index (χ4v) is 4.66. The van der Waals surface area contributed by atoms with E-state index in [4.69, 9.17) is 46.9 Å². The molecule has 2 fully saturated rings. The molecule has 2 heterocycles. The molecule has 0 saturated carbocycles. The largest absolute Gasteiger partial charge is 0.454 e. The Kier molecular flexibility index (Phi) is 8.16. The average Bonchev–Trinajstić information content (AvgIpc) is 2.85. The van der Waals surface area contributed by atoms with Crippen LogP contribution in [0.25, 0.3) is 0 Å². The number of alkyl halides is 1. The number of thioether (sulfide) groups is 1. The number of benzene rings is 2. The van der Waals surface area contributed by atoms with Gasteiger partial charge in [0.15, 0.2) is 18.5 Å². The lowest BCUT2D eigenvalue weighted by Gasteiger charge is -2.48. The molecule has 4 rings (SSSR count). The van der Waals surface area contributed by atoms with Gasteiger partial charge in [0.1, 0.15) is 23.5 Å². The third kappa shape index (κ3) is 5.65. The molecule has 10 heteroatoms. The van der Waals surface area contributed by atoms with Gasteiger partial charge in [-0.15, -0.1) is 23.4 Å². The molecular formula is C23H22Cl2O7S. The number of carbonyl (C=O) groups is 2. The standard InChI is InChI=1S/C23H22Cl2O7S/c1-33-23-20(31-21(27)13-7-9-15(25)10-8-13)19(30-17(26)11-24)18-16(29-23)12-28-22(32-18)14-5-3-2-4-6-14/h2-10,16,18-20,22-23H,11-12H2,1H3/t16-,18+,19+,20-,22?,23+/m1/s1. The molecule has 0 spiro atoms. The van der Waals surface area contributed by atoms with Crippen LogP contribution in [0.3, 0.4) is 0 Å². The Bertz CT molecular complexity index is 959. The van der Waals surface area contributed by atoms with Crippen LogP contribution in [0.1, 0.15) is 22.2 Å². The molecule has 2 aliphatic rings. The van der Waals surface area contributed by atoms with E-state index in [0.29, 0.717) is 10.6 Å². The first kappa shape index (κ1) is 24.3. The van der Waals surface area contributed by atoms with E-state index in [1.54, 1.807) is 24.3 Å². The SMILES string of the molecule is CS[C@@H]1O[C@@H]2COC(c3ccccc3)O[C@@H]2[C@H](OC(=O)CCl)[C@H]1OC(=O)c1ccc(Cl)cc1. The quantitative estimate of drug-likeness (QED) is 0.420. The van der Waals surface area contributed by atoms with E-state index >= 15 is 0 Å². The molecule has 0 bridgehead atoms. The van der Waals surface area contributed by atoms with Gasteiger partial charge in [-0.05, 0) is 30.5 Å². The molecule has 2 saturated heterocycles. The number of halogens is 2. The monoisotopic (exact) mass is 512 g/mol. The molecule has 0 N–H and O–H groups in total. The summed E-state index contributed by atoms with van der Waals surface area (Å²) in [5.41, 5.74) is 0.495. The Balaban J connectivity index is 1.60. The predicted molar refractivity (Wildman–Crippen MR) is 123 cm³/mol. The molecule has 2 aliphatic heterocycles. The van der Waals surface area contributed by atoms with E-state index in [9.17, 15) is 9.59 Å². The minimum atomic E-state index is -0.946. The minimum Gasteiger partial charge on any atom is -0.454 e. The summed E-state index contributed by atoms with van der Waals surface area (Å²) in [5, 5.41) is 0.494. The Hall–Kier alpha value is -1.81. The zero-order valence-electron chi connectivity index (χ0n) is 17.6. The molecule has 0 aromatic heterocycles. The third-order valence-electron chi connectivity index (χ3n) is 5.29. The van der Waals surface area contributed by atoms with Crippen molar-refractivity contribution in [2.45, 2.75) is 36.1 Å². The van der Waals surface area contributed by atoms with Gasteiger partial charge in [-0.3, -0.25) is 4.79 Å². The second kappa shape index (κ2) is 11.1. The first-order valence-electron chi connectivity index (χ1n) is 10.2. The molecule has 6 atom stereocenters. The Morgan fingerprint density at radius 1 is 1.03 bits per heavy atom. The summed E-state index contributed by atoms with van der Waals surface area (Å²) in [7, 11) is 0. The van der Waals surface area contributed by atoms with Crippen molar-refractivity contribution in [1.29, 1.82) is 0 Å². The van der Waals surface area contributed by atoms with Crippen LogP contribution in [0.15, 0.2) is 54.6 Å². The number of fused-ring (bicyclic) bond motifs is 1. The maximum atomic E-state index is 12.9. The van der Waals surface area contributed by atoms with Gasteiger partial charge in [-0.25, -0.2) is 4.79 Å². The van der Waals surface area contributed by atoms with Crippen molar-refractivity contribution in [2.24, 2.45) is 0 Å². The van der Waals surface area contributed by atoms with Gasteiger partial charge in [-0.1, -0.05) is 41.9 Å². The van der Waals surface area contributed by atoms with Gasteiger partial charge in [-0.2, -0.15) is 0 Å². The normalized spacial score (nSPS) is 29.1. The Labute approximate surface area is 205 Å². The summed E-state index contributed by atoms with van der Waals surface area (Å²) in [6.07, 6.45) is -2.02. The summed E-state index contributed by atoms with van der Waals surface area (Å²) in [5.74, 6) is -1.60. The molecule has 176 valence electrons. The van der Waals surface area contributed by atoms with E-state index in [-0.39, 0.29) is 12.5 Å². The molecule has 0 radical (unpaired) electrons. The first-order valence-corrected chi connectivity index (χ1v) is 12.4. The van der Waals surface area contributed by atoms with Crippen molar-refractivity contribution >= 4 is 46.9 Å². The Morgan fingerprint density at radius 2 is 1.76 bits per heavy atom. The lowest BCUT2D eigenvalue weighted by Crippen LogP contribution is -2.63. The molecular weight excluding hydrogens is 491 g/mol. The zero-order chi connectivity index (χ0) is 23.4. The zero-order valence-corrected chi connectivity index (χ0v) is 19.9. The van der Waals surface area contributed by atoms with Crippen LogP contribution in [0.4, 0.5) is 0 Å². The van der Waals surface area contributed by atoms with Gasteiger partial charge in [0.25, 0.3) is 0 Å². The molecule has 0 amide bonds. The molecule has 2 aromatic rings. The van der Waals surface area contributed by atoms with Crippen molar-refractivity contribution in [3.63, 3.8) is 0 Å². The smallest absolute Gasteiger partial charge is 0.338 e. The van der Waals surface area contributed by atoms with Gasteiger partial charge in [0.2, 0.25) is 0 Å². The minimum absolute atomic E-state index is 0.216. The van der Waals surface area contributed by atoms with Gasteiger partial charge in [0, 0.05) is 10.6 Å². The lowest BCUT2D eigenvalue weighted by molar-refractivity contribution is -0.319. The predicted octanol–water partition coefficient (Wildman–Crippen LogP) is 4.22. The summed E-state index contributed by atoms with van der Waals surface area (Å²) in [4.78, 5) is 25.1. The second-order valence-corrected chi connectivity index (χ2v) is 9.06. The summed E-state index contributed by atoms with van der Waals surface area (Å²) >= 11 is 13.0. The molecule has 7 nitrogen and oxygen atoms in total. The number of hydrogen-bond donors (Lipinski definition) is 0. The number of ether oxygens (including phenoxy) is 5. The highest BCUT2D eigenvalue weighted by molar-refractivity contribution is 7.99. The van der Waals surface area contributed by atoms with Crippen LogP contribution >= 0.6 is 35.0 Å². The van der Waals surface area contributed by atoms with Crippen molar-refractivity contribution in [2.75, 3.05) is 18.7 Å². The Morgan fingerprint density at radius 3 is 2.42 bits per heavy atom. The summed E-state index contributed by atoms with van der Waals surface area (Å²) < 4.78 is 29.6. The average molecular weight is 513 g/mol. The highest BCUT2D eigenvalue weighted by Gasteiger charge is 2.53. The van der Waals surface area contributed by atoms with Crippen LogP contribution in [0.2, 0.25) is 5.02 Å². The van der Waals surface area contributed by atoms with E-state index in [1.807, 2.05) is 36.6 Å². The van der Waals surface area contributed by atoms with Crippen LogP contribution in [-0.2, 0) is 28.5 Å². The lowest BCUT2D eigenvalue weighted by atomic mass is 9.98. The van der Waals surface area contributed by atoms with Crippen LogP contribution in [0, 0.1) is 0 Å². The van der Waals surface area contributed by atoms with Gasteiger partial charge < -0.3 is 23.7 Å². The molecule has 1 unspecified atom stereocenters. The number of hydrogen-bond acceptors (Lipinski definition) is 8. The molecule has 0 aliphatic carbocycles. The topological polar surface area (TPSA) is 80.3 Å². The maximum Gasteiger partial charge on any atom is 0.338 e. The van der Waals surface area contributed by atoms with Crippen molar-refractivity contribution < 1.29 is 33.3 Å². The van der Waals surface area contributed by atoms with Crippen molar-refractivity contribution in [1.82, 2.24) is 0 Å². The number of carbonyl (C=O) groups excluding carboxylic acids is 2. The number of rotatable bonds is 6. The van der Waals surface area contributed by atoms with Crippen LogP contribution < -0.4 is 0 Å². The van der Waals surface area contributed by atoms with Crippen molar-refractivity contribution in [3.8, 4) is 0 Å². The third-order valence-corrected chi connectivity index (χ3v) is 6.60. The second-order valence-electron chi connectivity index (χ2n) is 7.42. The van der Waals surface area contributed by atoms with E-state index in [2.05, 4.69) is 0 Å². The fraction of sp³-hybridized carbons (Fsp3) is 0.391. The van der Waals surface area contributed by atoms with E-state index in [0.717, 1.165) is 5.56 Å². The highest BCUT2D eigenvalue weighted by Crippen LogP contribution is 2.39. The van der Waals surface area contributed by atoms with Crippen molar-refractivity contribution in [3.05, 3.63) is 70.7 Å². The van der Waals surface area contributed by atoms with Gasteiger partial charge >= 0.3 is 11.9 Å². The number of esters is 2. The molecule has 2 aromatic carbocycles. The van der Waals surface area contributed by atoms with Crippen LogP contribution in [0.5, 0.6) is 0 Å². The van der Waals surface area contributed by atoms with E-state index < -0.39 is 48.1 Å². The highest BCUT2D eigenvalue weighted by atomic mass is 35.5.